The van der Waals surface area contributed by atoms with Crippen molar-refractivity contribution in [3.05, 3.63) is 35.9 Å². The molecule has 0 aliphatic carbocycles. The molecule has 2 N–H and O–H groups in total. The second kappa shape index (κ2) is 5.87. The number of carboxylic acid groups (broad SMARTS) is 1. The first-order chi connectivity index (χ1) is 7.29. The largest absolute Gasteiger partial charge is 0.481 e. The van der Waals surface area contributed by atoms with Gasteiger partial charge in [0, 0.05) is 6.54 Å². The van der Waals surface area contributed by atoms with Crippen molar-refractivity contribution in [2.24, 2.45) is 5.92 Å². The van der Waals surface area contributed by atoms with Gasteiger partial charge in [0.05, 0.1) is 5.92 Å². The summed E-state index contributed by atoms with van der Waals surface area (Å²) in [5.41, 5.74) is 1.14. The monoisotopic (exact) mass is 241 g/mol. The maximum absolute atomic E-state index is 11.1. The summed E-state index contributed by atoms with van der Waals surface area (Å²) in [5, 5.41) is 12.3. The molecule has 1 aliphatic heterocycles. The molecule has 2 unspecified atom stereocenters. The zero-order valence-electron chi connectivity index (χ0n) is 8.93. The van der Waals surface area contributed by atoms with Gasteiger partial charge in [-0.05, 0) is 24.4 Å². The normalized spacial score (nSPS) is 24.5. The Kier molecular flexibility index (Phi) is 4.77. The Bertz CT molecular complexity index is 342. The van der Waals surface area contributed by atoms with Crippen LogP contribution in [0.2, 0.25) is 0 Å². The van der Waals surface area contributed by atoms with Gasteiger partial charge in [0.1, 0.15) is 0 Å². The second-order valence-corrected chi connectivity index (χ2v) is 3.95. The fourth-order valence-corrected chi connectivity index (χ4v) is 2.22. The highest BCUT2D eigenvalue weighted by Gasteiger charge is 2.31. The molecule has 0 saturated carbocycles. The van der Waals surface area contributed by atoms with Crippen LogP contribution in [-0.2, 0) is 4.79 Å². The summed E-state index contributed by atoms with van der Waals surface area (Å²) >= 11 is 0. The Labute approximate surface area is 101 Å². The third-order valence-electron chi connectivity index (χ3n) is 3.03. The topological polar surface area (TPSA) is 49.3 Å². The SMILES string of the molecule is Cl.O=C(O)C1CNCCC1c1ccccc1. The van der Waals surface area contributed by atoms with E-state index >= 15 is 0 Å². The van der Waals surface area contributed by atoms with Crippen molar-refractivity contribution in [3.63, 3.8) is 0 Å². The van der Waals surface area contributed by atoms with Crippen LogP contribution in [0.5, 0.6) is 0 Å². The van der Waals surface area contributed by atoms with Gasteiger partial charge in [-0.25, -0.2) is 0 Å². The fourth-order valence-electron chi connectivity index (χ4n) is 2.22. The molecule has 2 atom stereocenters. The maximum Gasteiger partial charge on any atom is 0.308 e. The zero-order valence-corrected chi connectivity index (χ0v) is 9.74. The number of hydrogen-bond acceptors (Lipinski definition) is 2. The van der Waals surface area contributed by atoms with Gasteiger partial charge in [-0.3, -0.25) is 4.79 Å². The molecule has 1 aromatic rings. The zero-order chi connectivity index (χ0) is 10.7. The highest BCUT2D eigenvalue weighted by Crippen LogP contribution is 2.30. The van der Waals surface area contributed by atoms with Crippen LogP contribution in [0.1, 0.15) is 17.9 Å². The number of carbonyl (C=O) groups is 1. The van der Waals surface area contributed by atoms with Crippen LogP contribution in [0.4, 0.5) is 0 Å². The Hall–Kier alpha value is -1.06. The van der Waals surface area contributed by atoms with Gasteiger partial charge < -0.3 is 10.4 Å². The molecule has 1 saturated heterocycles. The number of nitrogens with one attached hydrogen (secondary N) is 1. The van der Waals surface area contributed by atoms with E-state index < -0.39 is 5.97 Å². The lowest BCUT2D eigenvalue weighted by atomic mass is 9.81. The Morgan fingerprint density at radius 1 is 1.31 bits per heavy atom. The molecule has 4 heteroatoms. The summed E-state index contributed by atoms with van der Waals surface area (Å²) in [6.07, 6.45) is 0.904. The summed E-state index contributed by atoms with van der Waals surface area (Å²) in [5.74, 6) is -0.831. The van der Waals surface area contributed by atoms with Crippen molar-refractivity contribution < 1.29 is 9.90 Å². The van der Waals surface area contributed by atoms with E-state index in [4.69, 9.17) is 5.11 Å². The molecule has 1 fully saturated rings. The van der Waals surface area contributed by atoms with Crippen LogP contribution < -0.4 is 5.32 Å². The van der Waals surface area contributed by atoms with Crippen molar-refractivity contribution >= 4 is 18.4 Å². The highest BCUT2D eigenvalue weighted by molar-refractivity contribution is 5.85. The van der Waals surface area contributed by atoms with Crippen LogP contribution in [0.15, 0.2) is 30.3 Å². The smallest absolute Gasteiger partial charge is 0.308 e. The summed E-state index contributed by atoms with van der Waals surface area (Å²) in [7, 11) is 0. The van der Waals surface area contributed by atoms with Gasteiger partial charge in [0.25, 0.3) is 0 Å². The third kappa shape index (κ3) is 2.74. The molecule has 1 heterocycles. The minimum atomic E-state index is -0.698. The predicted octanol–water partition coefficient (Wildman–Crippen LogP) is 1.89. The third-order valence-corrected chi connectivity index (χ3v) is 3.03. The Morgan fingerprint density at radius 3 is 2.62 bits per heavy atom. The maximum atomic E-state index is 11.1. The fraction of sp³-hybridized carbons (Fsp3) is 0.417. The number of carboxylic acids is 1. The number of hydrogen-bond donors (Lipinski definition) is 2. The van der Waals surface area contributed by atoms with Gasteiger partial charge in [-0.1, -0.05) is 30.3 Å². The first-order valence-corrected chi connectivity index (χ1v) is 5.27. The second-order valence-electron chi connectivity index (χ2n) is 3.95. The van der Waals surface area contributed by atoms with Gasteiger partial charge in [0.15, 0.2) is 0 Å². The molecule has 88 valence electrons. The molecule has 0 amide bonds. The first kappa shape index (κ1) is 13.0. The lowest BCUT2D eigenvalue weighted by molar-refractivity contribution is -0.142. The molecule has 0 radical (unpaired) electrons. The van der Waals surface area contributed by atoms with E-state index in [1.165, 1.54) is 0 Å². The van der Waals surface area contributed by atoms with Crippen molar-refractivity contribution in [1.82, 2.24) is 5.32 Å². The van der Waals surface area contributed by atoms with E-state index in [1.54, 1.807) is 0 Å². The highest BCUT2D eigenvalue weighted by atomic mass is 35.5. The number of rotatable bonds is 2. The number of aliphatic carboxylic acids is 1. The van der Waals surface area contributed by atoms with E-state index in [0.717, 1.165) is 18.5 Å². The summed E-state index contributed by atoms with van der Waals surface area (Å²) < 4.78 is 0. The van der Waals surface area contributed by atoms with Crippen LogP contribution in [0, 0.1) is 5.92 Å². The van der Waals surface area contributed by atoms with E-state index in [2.05, 4.69) is 5.32 Å². The van der Waals surface area contributed by atoms with E-state index in [0.29, 0.717) is 6.54 Å². The first-order valence-electron chi connectivity index (χ1n) is 5.27. The number of benzene rings is 1. The van der Waals surface area contributed by atoms with Crippen molar-refractivity contribution in [2.75, 3.05) is 13.1 Å². The summed E-state index contributed by atoms with van der Waals surface area (Å²) in [4.78, 5) is 11.1. The van der Waals surface area contributed by atoms with Gasteiger partial charge in [-0.15, -0.1) is 12.4 Å². The standard InChI is InChI=1S/C12H15NO2.ClH/c14-12(15)11-8-13-7-6-10(11)9-4-2-1-3-5-9;/h1-5,10-11,13H,6-8H2,(H,14,15);1H. The van der Waals surface area contributed by atoms with Gasteiger partial charge >= 0.3 is 5.97 Å². The van der Waals surface area contributed by atoms with Crippen molar-refractivity contribution in [2.45, 2.75) is 12.3 Å². The molecule has 1 aliphatic rings. The molecule has 0 bridgehead atoms. The van der Waals surface area contributed by atoms with Crippen LogP contribution in [0.3, 0.4) is 0 Å². The predicted molar refractivity (Wildman–Crippen MR) is 65.0 cm³/mol. The van der Waals surface area contributed by atoms with Crippen molar-refractivity contribution in [1.29, 1.82) is 0 Å². The van der Waals surface area contributed by atoms with Gasteiger partial charge in [-0.2, -0.15) is 0 Å². The summed E-state index contributed by atoms with van der Waals surface area (Å²) in [6, 6.07) is 9.94. The van der Waals surface area contributed by atoms with E-state index in [9.17, 15) is 4.79 Å². The molecule has 0 aromatic heterocycles. The minimum Gasteiger partial charge on any atom is -0.481 e. The molecule has 16 heavy (non-hydrogen) atoms. The molecule has 2 rings (SSSR count). The van der Waals surface area contributed by atoms with Crippen LogP contribution in [-0.4, -0.2) is 24.2 Å². The minimum absolute atomic E-state index is 0. The molecule has 0 spiro atoms. The average Bonchev–Trinajstić information content (AvgIpc) is 2.30. The van der Waals surface area contributed by atoms with Crippen molar-refractivity contribution in [3.8, 4) is 0 Å². The van der Waals surface area contributed by atoms with Crippen LogP contribution >= 0.6 is 12.4 Å². The Morgan fingerprint density at radius 2 is 2.00 bits per heavy atom. The van der Waals surface area contributed by atoms with E-state index in [1.807, 2.05) is 30.3 Å². The number of piperidine rings is 1. The van der Waals surface area contributed by atoms with Crippen LogP contribution in [0.25, 0.3) is 0 Å². The molecule has 3 nitrogen and oxygen atoms in total. The number of halogens is 1. The van der Waals surface area contributed by atoms with E-state index in [-0.39, 0.29) is 24.2 Å². The molecular weight excluding hydrogens is 226 g/mol. The lowest BCUT2D eigenvalue weighted by Crippen LogP contribution is -2.39. The average molecular weight is 242 g/mol. The molecular formula is C12H16ClNO2. The molecule has 1 aromatic carbocycles. The quantitative estimate of drug-likeness (QED) is 0.831. The summed E-state index contributed by atoms with van der Waals surface area (Å²) in [6.45, 7) is 1.48. The Balaban J connectivity index is 0.00000128. The van der Waals surface area contributed by atoms with Gasteiger partial charge in [0.2, 0.25) is 0 Å². The lowest BCUT2D eigenvalue weighted by Gasteiger charge is -2.29.